The van der Waals surface area contributed by atoms with Gasteiger partial charge in [0, 0.05) is 0 Å². The third-order valence-electron chi connectivity index (χ3n) is 3.77. The van der Waals surface area contributed by atoms with Crippen LogP contribution >= 0.6 is 7.60 Å². The second kappa shape index (κ2) is 7.36. The lowest BCUT2D eigenvalue weighted by molar-refractivity contribution is -0.137. The molecule has 8 nitrogen and oxygen atoms in total. The molecule has 1 aromatic heterocycles. The third kappa shape index (κ3) is 4.61. The van der Waals surface area contributed by atoms with E-state index in [1.54, 1.807) is 6.92 Å². The molecule has 0 aliphatic carbocycles. The van der Waals surface area contributed by atoms with Crippen LogP contribution in [0.3, 0.4) is 0 Å². The monoisotopic (exact) mass is 395 g/mol. The van der Waals surface area contributed by atoms with Crippen molar-refractivity contribution in [2.45, 2.75) is 31.7 Å². The molecule has 1 aromatic carbocycles. The molecule has 0 amide bonds. The Balaban J connectivity index is 2.53. The van der Waals surface area contributed by atoms with Gasteiger partial charge < -0.3 is 25.1 Å². The van der Waals surface area contributed by atoms with Crippen molar-refractivity contribution >= 4 is 18.6 Å². The van der Waals surface area contributed by atoms with Gasteiger partial charge in [-0.3, -0.25) is 14.2 Å². The third-order valence-corrected chi connectivity index (χ3v) is 5.03. The van der Waals surface area contributed by atoms with Crippen LogP contribution in [0.15, 0.2) is 21.7 Å². The zero-order valence-electron chi connectivity index (χ0n) is 13.6. The van der Waals surface area contributed by atoms with Crippen LogP contribution in [-0.2, 0) is 17.2 Å². The lowest BCUT2D eigenvalue weighted by atomic mass is 10.0. The minimum absolute atomic E-state index is 0.0106. The molecule has 0 fully saturated rings. The molecule has 144 valence electrons. The Kier molecular flexibility index (Phi) is 5.76. The highest BCUT2D eigenvalue weighted by atomic mass is 31.2. The summed E-state index contributed by atoms with van der Waals surface area (Å²) in [7, 11) is -4.51. The highest BCUT2D eigenvalue weighted by Crippen LogP contribution is 2.42. The average Bonchev–Trinajstić information content (AvgIpc) is 2.50. The first-order valence-corrected chi connectivity index (χ1v) is 9.26. The van der Waals surface area contributed by atoms with Crippen molar-refractivity contribution in [1.29, 1.82) is 0 Å². The largest absolute Gasteiger partial charge is 0.416 e. The SMILES string of the molecule is CCNC(CCc1cc(C(F)(F)F)cc2[nH]c(=O)c(=O)[nH]c12)P(=O)(O)O. The summed E-state index contributed by atoms with van der Waals surface area (Å²) in [5, 5.41) is 2.59. The van der Waals surface area contributed by atoms with Gasteiger partial charge in [-0.05, 0) is 37.1 Å². The van der Waals surface area contributed by atoms with Crippen molar-refractivity contribution in [1.82, 2.24) is 15.3 Å². The maximum atomic E-state index is 13.1. The molecule has 1 atom stereocenters. The molecule has 0 aliphatic heterocycles. The Bertz CT molecular complexity index is 963. The Morgan fingerprint density at radius 1 is 1.19 bits per heavy atom. The molecule has 26 heavy (non-hydrogen) atoms. The number of hydrogen-bond acceptors (Lipinski definition) is 4. The molecular formula is C14H17F3N3O5P. The van der Waals surface area contributed by atoms with Gasteiger partial charge in [-0.15, -0.1) is 0 Å². The number of rotatable bonds is 6. The Morgan fingerprint density at radius 3 is 2.35 bits per heavy atom. The molecule has 1 unspecified atom stereocenters. The Labute approximate surface area is 144 Å². The highest BCUT2D eigenvalue weighted by Gasteiger charge is 2.32. The van der Waals surface area contributed by atoms with E-state index in [4.69, 9.17) is 0 Å². The maximum absolute atomic E-state index is 13.1. The number of alkyl halides is 3. The van der Waals surface area contributed by atoms with Gasteiger partial charge in [0.25, 0.3) is 0 Å². The van der Waals surface area contributed by atoms with Crippen LogP contribution < -0.4 is 16.4 Å². The summed E-state index contributed by atoms with van der Waals surface area (Å²) in [5.74, 6) is -1.24. The molecule has 0 saturated carbocycles. The number of halogens is 3. The number of nitrogens with one attached hydrogen (secondary N) is 3. The average molecular weight is 395 g/mol. The number of H-pyrrole nitrogens is 2. The topological polar surface area (TPSA) is 135 Å². The van der Waals surface area contributed by atoms with E-state index in [1.807, 2.05) is 0 Å². The zero-order chi connectivity index (χ0) is 19.7. The van der Waals surface area contributed by atoms with Crippen LogP contribution in [0.5, 0.6) is 0 Å². The van der Waals surface area contributed by atoms with E-state index in [0.29, 0.717) is 6.07 Å². The fourth-order valence-corrected chi connectivity index (χ4v) is 3.46. The van der Waals surface area contributed by atoms with Crippen molar-refractivity contribution in [3.8, 4) is 0 Å². The minimum atomic E-state index is -4.69. The smallest absolute Gasteiger partial charge is 0.323 e. The summed E-state index contributed by atoms with van der Waals surface area (Å²) in [6.07, 6.45) is -5.03. The molecular weight excluding hydrogens is 378 g/mol. The van der Waals surface area contributed by atoms with Crippen LogP contribution in [0.25, 0.3) is 11.0 Å². The first-order chi connectivity index (χ1) is 11.9. The van der Waals surface area contributed by atoms with Crippen LogP contribution in [-0.4, -0.2) is 32.1 Å². The van der Waals surface area contributed by atoms with Gasteiger partial charge in [-0.25, -0.2) is 0 Å². The summed E-state index contributed by atoms with van der Waals surface area (Å²) in [4.78, 5) is 45.9. The second-order valence-electron chi connectivity index (χ2n) is 5.67. The molecule has 2 aromatic rings. The van der Waals surface area contributed by atoms with Crippen LogP contribution in [0, 0.1) is 0 Å². The summed E-state index contributed by atoms with van der Waals surface area (Å²) in [6.45, 7) is 1.88. The quantitative estimate of drug-likeness (QED) is 0.369. The first kappa shape index (κ1) is 20.4. The van der Waals surface area contributed by atoms with Gasteiger partial charge in [-0.1, -0.05) is 6.92 Å². The highest BCUT2D eigenvalue weighted by molar-refractivity contribution is 7.52. The van der Waals surface area contributed by atoms with E-state index in [1.165, 1.54) is 0 Å². The van der Waals surface area contributed by atoms with Gasteiger partial charge in [0.2, 0.25) is 0 Å². The normalized spacial score (nSPS) is 13.9. The first-order valence-electron chi connectivity index (χ1n) is 7.58. The summed E-state index contributed by atoms with van der Waals surface area (Å²) in [6, 6.07) is 1.49. The van der Waals surface area contributed by atoms with E-state index in [9.17, 15) is 37.1 Å². The zero-order valence-corrected chi connectivity index (χ0v) is 14.4. The van der Waals surface area contributed by atoms with E-state index in [-0.39, 0.29) is 36.0 Å². The fourth-order valence-electron chi connectivity index (χ4n) is 2.58. The molecule has 5 N–H and O–H groups in total. The van der Waals surface area contributed by atoms with E-state index >= 15 is 0 Å². The van der Waals surface area contributed by atoms with E-state index in [2.05, 4.69) is 15.3 Å². The predicted octanol–water partition coefficient (Wildman–Crippen LogP) is 1.28. The molecule has 0 bridgehead atoms. The summed E-state index contributed by atoms with van der Waals surface area (Å²) < 4.78 is 50.7. The maximum Gasteiger partial charge on any atom is 0.416 e. The van der Waals surface area contributed by atoms with Gasteiger partial charge in [-0.2, -0.15) is 13.2 Å². The number of aromatic nitrogens is 2. The van der Waals surface area contributed by atoms with Crippen molar-refractivity contribution in [2.24, 2.45) is 0 Å². The van der Waals surface area contributed by atoms with Crippen molar-refractivity contribution in [2.75, 3.05) is 6.54 Å². The van der Waals surface area contributed by atoms with Gasteiger partial charge in [0.05, 0.1) is 16.6 Å². The molecule has 0 radical (unpaired) electrons. The molecule has 12 heteroatoms. The van der Waals surface area contributed by atoms with Gasteiger partial charge in [0.15, 0.2) is 0 Å². The van der Waals surface area contributed by atoms with Gasteiger partial charge in [0.1, 0.15) is 5.78 Å². The minimum Gasteiger partial charge on any atom is -0.323 e. The fraction of sp³-hybridized carbons (Fsp3) is 0.429. The van der Waals surface area contributed by atoms with Crippen LogP contribution in [0.2, 0.25) is 0 Å². The molecule has 0 saturated heterocycles. The number of hydrogen-bond donors (Lipinski definition) is 5. The van der Waals surface area contributed by atoms with Crippen molar-refractivity contribution in [3.63, 3.8) is 0 Å². The molecule has 0 aliphatic rings. The van der Waals surface area contributed by atoms with Gasteiger partial charge >= 0.3 is 24.9 Å². The van der Waals surface area contributed by atoms with E-state index < -0.39 is 36.2 Å². The Hall–Kier alpha value is -1.94. The van der Waals surface area contributed by atoms with Crippen molar-refractivity contribution < 1.29 is 27.5 Å². The Morgan fingerprint density at radius 2 is 1.81 bits per heavy atom. The number of fused-ring (bicyclic) bond motifs is 1. The number of aromatic amines is 2. The lowest BCUT2D eigenvalue weighted by Gasteiger charge is -2.19. The number of aryl methyl sites for hydroxylation is 1. The van der Waals surface area contributed by atoms with Crippen molar-refractivity contribution in [3.05, 3.63) is 44.0 Å². The summed E-state index contributed by atoms with van der Waals surface area (Å²) in [5.41, 5.74) is -3.38. The second-order valence-corrected chi connectivity index (χ2v) is 7.47. The standard InChI is InChI=1S/C14H17F3N3O5P/c1-2-18-10(26(23,24)25)4-3-7-5-8(14(15,16)17)6-9-11(7)20-13(22)12(21)19-9/h5-6,10,18H,2-4H2,1H3,(H,19,21)(H,20,22)(H2,23,24,25). The molecule has 2 rings (SSSR count). The molecule has 0 spiro atoms. The van der Waals surface area contributed by atoms with E-state index in [0.717, 1.165) is 6.07 Å². The van der Waals surface area contributed by atoms with Crippen LogP contribution in [0.4, 0.5) is 13.2 Å². The summed E-state index contributed by atoms with van der Waals surface area (Å²) >= 11 is 0. The molecule has 1 heterocycles. The predicted molar refractivity (Wildman–Crippen MR) is 88.0 cm³/mol. The number of benzene rings is 1. The lowest BCUT2D eigenvalue weighted by Crippen LogP contribution is -2.30. The van der Waals surface area contributed by atoms with Crippen LogP contribution in [0.1, 0.15) is 24.5 Å².